The maximum atomic E-state index is 12.8. The number of halogens is 3. The lowest BCUT2D eigenvalue weighted by molar-refractivity contribution is -0.257. The Kier molecular flexibility index (Phi) is 5.14. The minimum Gasteiger partial charge on any atom is -0.380 e. The molecular formula is C14H23F3N4O. The number of aromatic nitrogens is 2. The molecule has 1 aromatic rings. The van der Waals surface area contributed by atoms with Crippen molar-refractivity contribution in [2.24, 2.45) is 7.05 Å². The normalized spacial score (nSPS) is 21.5. The number of aliphatic hydroxyl groups is 1. The molecule has 1 atom stereocenters. The molecule has 1 aliphatic rings. The Bertz CT molecular complexity index is 487. The third kappa shape index (κ3) is 4.44. The molecule has 2 heterocycles. The van der Waals surface area contributed by atoms with E-state index in [9.17, 15) is 18.3 Å². The second-order valence-electron chi connectivity index (χ2n) is 6.20. The Morgan fingerprint density at radius 3 is 2.41 bits per heavy atom. The van der Waals surface area contributed by atoms with E-state index in [-0.39, 0.29) is 6.54 Å². The first kappa shape index (κ1) is 17.2. The van der Waals surface area contributed by atoms with Gasteiger partial charge in [-0.3, -0.25) is 14.5 Å². The highest BCUT2D eigenvalue weighted by Crippen LogP contribution is 2.30. The summed E-state index contributed by atoms with van der Waals surface area (Å²) in [6, 6.07) is 0. The fraction of sp³-hybridized carbons (Fsp3) is 0.786. The first-order valence-corrected chi connectivity index (χ1v) is 7.39. The van der Waals surface area contributed by atoms with Gasteiger partial charge in [-0.15, -0.1) is 0 Å². The molecule has 0 amide bonds. The van der Waals surface area contributed by atoms with Crippen LogP contribution in [-0.4, -0.2) is 69.2 Å². The first-order valence-electron chi connectivity index (χ1n) is 7.39. The molecule has 8 heteroatoms. The molecule has 22 heavy (non-hydrogen) atoms. The predicted molar refractivity (Wildman–Crippen MR) is 76.2 cm³/mol. The van der Waals surface area contributed by atoms with E-state index >= 15 is 0 Å². The summed E-state index contributed by atoms with van der Waals surface area (Å²) >= 11 is 0. The van der Waals surface area contributed by atoms with E-state index in [1.807, 2.05) is 13.2 Å². The van der Waals surface area contributed by atoms with Crippen molar-refractivity contribution in [1.29, 1.82) is 0 Å². The third-order valence-electron chi connectivity index (χ3n) is 3.99. The summed E-state index contributed by atoms with van der Waals surface area (Å²) in [5, 5.41) is 13.7. The molecule has 126 valence electrons. The Labute approximate surface area is 128 Å². The van der Waals surface area contributed by atoms with Crippen LogP contribution in [0.25, 0.3) is 0 Å². The van der Waals surface area contributed by atoms with Crippen LogP contribution in [0.2, 0.25) is 0 Å². The van der Waals surface area contributed by atoms with E-state index in [1.165, 1.54) is 0 Å². The molecule has 1 unspecified atom stereocenters. The summed E-state index contributed by atoms with van der Waals surface area (Å²) in [7, 11) is 1.85. The van der Waals surface area contributed by atoms with Gasteiger partial charge >= 0.3 is 6.18 Å². The van der Waals surface area contributed by atoms with Crippen molar-refractivity contribution >= 4 is 0 Å². The number of alkyl halides is 3. The molecule has 0 saturated carbocycles. The van der Waals surface area contributed by atoms with Crippen molar-refractivity contribution in [1.82, 2.24) is 19.6 Å². The third-order valence-corrected chi connectivity index (χ3v) is 3.99. The first-order chi connectivity index (χ1) is 10.2. The van der Waals surface area contributed by atoms with Gasteiger partial charge in [0.2, 0.25) is 0 Å². The zero-order chi connectivity index (χ0) is 16.4. The fourth-order valence-electron chi connectivity index (χ4n) is 2.68. The lowest BCUT2D eigenvalue weighted by Crippen LogP contribution is -2.51. The molecule has 0 bridgehead atoms. The van der Waals surface area contributed by atoms with Gasteiger partial charge in [0.15, 0.2) is 5.60 Å². The van der Waals surface area contributed by atoms with Crippen molar-refractivity contribution < 1.29 is 18.3 Å². The summed E-state index contributed by atoms with van der Waals surface area (Å²) in [6.07, 6.45) is -0.0723. The Morgan fingerprint density at radius 2 is 1.82 bits per heavy atom. The smallest absolute Gasteiger partial charge is 0.380 e. The fourth-order valence-corrected chi connectivity index (χ4v) is 2.68. The van der Waals surface area contributed by atoms with Crippen LogP contribution in [0, 0.1) is 0 Å². The van der Waals surface area contributed by atoms with Gasteiger partial charge in [0, 0.05) is 45.0 Å². The molecule has 0 radical (unpaired) electrons. The molecule has 5 nitrogen and oxygen atoms in total. The minimum absolute atomic E-state index is 0.378. The second-order valence-corrected chi connectivity index (χ2v) is 6.20. The van der Waals surface area contributed by atoms with Gasteiger partial charge in [0.05, 0.1) is 6.20 Å². The van der Waals surface area contributed by atoms with Gasteiger partial charge in [0.25, 0.3) is 0 Å². The van der Waals surface area contributed by atoms with Crippen LogP contribution in [0.1, 0.15) is 18.9 Å². The van der Waals surface area contributed by atoms with E-state index in [4.69, 9.17) is 0 Å². The maximum Gasteiger partial charge on any atom is 0.418 e. The summed E-state index contributed by atoms with van der Waals surface area (Å²) in [5.74, 6) is 0. The van der Waals surface area contributed by atoms with Crippen molar-refractivity contribution in [3.8, 4) is 0 Å². The number of nitrogens with zero attached hydrogens (tertiary/aromatic N) is 4. The number of hydrogen-bond acceptors (Lipinski definition) is 4. The second kappa shape index (κ2) is 6.55. The van der Waals surface area contributed by atoms with E-state index in [1.54, 1.807) is 15.8 Å². The largest absolute Gasteiger partial charge is 0.418 e. The Balaban J connectivity index is 1.87. The van der Waals surface area contributed by atoms with E-state index in [0.717, 1.165) is 32.0 Å². The molecule has 1 N–H and O–H groups in total. The molecule has 0 aliphatic carbocycles. The lowest BCUT2D eigenvalue weighted by atomic mass is 10.1. The molecule has 2 rings (SSSR count). The van der Waals surface area contributed by atoms with Gasteiger partial charge in [-0.05, 0) is 26.4 Å². The summed E-state index contributed by atoms with van der Waals surface area (Å²) < 4.78 is 40.0. The molecule has 0 aromatic carbocycles. The zero-order valence-electron chi connectivity index (χ0n) is 13.0. The van der Waals surface area contributed by atoms with Crippen LogP contribution in [-0.2, 0) is 13.6 Å². The van der Waals surface area contributed by atoms with Crippen LogP contribution >= 0.6 is 0 Å². The molecular weight excluding hydrogens is 297 g/mol. The van der Waals surface area contributed by atoms with Gasteiger partial charge in [-0.1, -0.05) is 0 Å². The topological polar surface area (TPSA) is 44.5 Å². The van der Waals surface area contributed by atoms with Gasteiger partial charge < -0.3 is 5.11 Å². The Hall–Kier alpha value is -1.12. The minimum atomic E-state index is -4.60. The molecule has 0 spiro atoms. The predicted octanol–water partition coefficient (Wildman–Crippen LogP) is 1.24. The number of aryl methyl sites for hydroxylation is 1. The van der Waals surface area contributed by atoms with Crippen LogP contribution in [0.4, 0.5) is 13.2 Å². The maximum absolute atomic E-state index is 12.8. The monoisotopic (exact) mass is 320 g/mol. The van der Waals surface area contributed by atoms with Crippen LogP contribution in [0.15, 0.2) is 12.4 Å². The van der Waals surface area contributed by atoms with Crippen molar-refractivity contribution in [3.63, 3.8) is 0 Å². The zero-order valence-corrected chi connectivity index (χ0v) is 13.0. The lowest BCUT2D eigenvalue weighted by Gasteiger charge is -2.32. The van der Waals surface area contributed by atoms with Crippen LogP contribution < -0.4 is 0 Å². The number of β-amino-alcohol motifs (C(OH)–C–C–N with tert-alkyl or cyclic N) is 1. The van der Waals surface area contributed by atoms with Crippen molar-refractivity contribution in [2.75, 3.05) is 32.7 Å². The van der Waals surface area contributed by atoms with Gasteiger partial charge in [-0.2, -0.15) is 18.3 Å². The highest BCUT2D eigenvalue weighted by atomic mass is 19.4. The summed E-state index contributed by atoms with van der Waals surface area (Å²) in [4.78, 5) is 3.90. The molecule has 1 aromatic heterocycles. The van der Waals surface area contributed by atoms with Crippen molar-refractivity contribution in [2.45, 2.75) is 31.7 Å². The highest BCUT2D eigenvalue weighted by molar-refractivity contribution is 5.03. The molecule has 1 aliphatic heterocycles. The summed E-state index contributed by atoms with van der Waals surface area (Å²) in [6.45, 7) is 3.81. The Morgan fingerprint density at radius 1 is 1.18 bits per heavy atom. The van der Waals surface area contributed by atoms with Crippen molar-refractivity contribution in [3.05, 3.63) is 18.0 Å². The quantitative estimate of drug-likeness (QED) is 0.907. The van der Waals surface area contributed by atoms with Crippen LogP contribution in [0.3, 0.4) is 0 Å². The standard InChI is InChI=1S/C14H23F3N4O/c1-13(22,14(15,16)17)11-21-5-3-4-20(6-7-21)10-12-8-18-19(2)9-12/h8-9,22H,3-7,10-11H2,1-2H3. The van der Waals surface area contributed by atoms with E-state index in [2.05, 4.69) is 10.00 Å². The average Bonchev–Trinajstić information content (AvgIpc) is 2.66. The van der Waals surface area contributed by atoms with Crippen LogP contribution in [0.5, 0.6) is 0 Å². The average molecular weight is 320 g/mol. The van der Waals surface area contributed by atoms with E-state index in [0.29, 0.717) is 19.6 Å². The number of hydrogen-bond donors (Lipinski definition) is 1. The van der Waals surface area contributed by atoms with Gasteiger partial charge in [0.1, 0.15) is 0 Å². The van der Waals surface area contributed by atoms with Gasteiger partial charge in [-0.25, -0.2) is 0 Å². The SMILES string of the molecule is Cn1cc(CN2CCCN(CC(C)(O)C(F)(F)F)CC2)cn1. The number of rotatable bonds is 4. The summed E-state index contributed by atoms with van der Waals surface area (Å²) in [5.41, 5.74) is -1.57. The molecule has 1 fully saturated rings. The van der Waals surface area contributed by atoms with E-state index < -0.39 is 11.8 Å². The highest BCUT2D eigenvalue weighted by Gasteiger charge is 2.50. The molecule has 1 saturated heterocycles.